The van der Waals surface area contributed by atoms with Gasteiger partial charge in [-0.25, -0.2) is 0 Å². The summed E-state index contributed by atoms with van der Waals surface area (Å²) in [6, 6.07) is 5.43. The molecule has 0 spiro atoms. The van der Waals surface area contributed by atoms with Crippen LogP contribution in [0.25, 0.3) is 0 Å². The highest BCUT2D eigenvalue weighted by atomic mass is 16.3. The Hall–Kier alpha value is -1.51. The third kappa shape index (κ3) is 1.25. The van der Waals surface area contributed by atoms with Crippen LogP contribution in [0.2, 0.25) is 0 Å². The van der Waals surface area contributed by atoms with Gasteiger partial charge in [-0.2, -0.15) is 0 Å². The summed E-state index contributed by atoms with van der Waals surface area (Å²) in [5.74, 6) is -0.634. The highest BCUT2D eigenvalue weighted by Gasteiger charge is 1.97. The SMILES string of the molecule is NC(=O)c1ccc([O])cc1. The molecule has 1 amide bonds. The van der Waals surface area contributed by atoms with Gasteiger partial charge in [0.15, 0.2) is 5.75 Å². The van der Waals surface area contributed by atoms with Crippen LogP contribution in [-0.4, -0.2) is 5.91 Å². The molecule has 0 aliphatic heterocycles. The van der Waals surface area contributed by atoms with Crippen molar-refractivity contribution in [1.29, 1.82) is 0 Å². The monoisotopic (exact) mass is 136 g/mol. The van der Waals surface area contributed by atoms with E-state index in [9.17, 15) is 9.90 Å². The minimum atomic E-state index is -0.514. The van der Waals surface area contributed by atoms with Crippen LogP contribution in [0, 0.1) is 0 Å². The van der Waals surface area contributed by atoms with Crippen LogP contribution in [-0.2, 0) is 5.11 Å². The minimum Gasteiger partial charge on any atom is -0.366 e. The van der Waals surface area contributed by atoms with Gasteiger partial charge in [-0.1, -0.05) is 0 Å². The highest BCUT2D eigenvalue weighted by molar-refractivity contribution is 5.92. The zero-order valence-electron chi connectivity index (χ0n) is 5.20. The molecule has 0 heterocycles. The van der Waals surface area contributed by atoms with Gasteiger partial charge in [0.05, 0.1) is 0 Å². The van der Waals surface area contributed by atoms with Gasteiger partial charge in [-0.3, -0.25) is 9.90 Å². The lowest BCUT2D eigenvalue weighted by molar-refractivity contribution is 0.100. The van der Waals surface area contributed by atoms with Crippen LogP contribution in [0.15, 0.2) is 24.3 Å². The zero-order valence-corrected chi connectivity index (χ0v) is 5.20. The Morgan fingerprint density at radius 2 is 1.70 bits per heavy atom. The van der Waals surface area contributed by atoms with E-state index in [1.807, 2.05) is 0 Å². The molecule has 10 heavy (non-hydrogen) atoms. The quantitative estimate of drug-likeness (QED) is 0.613. The lowest BCUT2D eigenvalue weighted by Gasteiger charge is -1.91. The molecule has 51 valence electrons. The Morgan fingerprint density at radius 3 is 2.10 bits per heavy atom. The summed E-state index contributed by atoms with van der Waals surface area (Å²) >= 11 is 0. The first-order valence-electron chi connectivity index (χ1n) is 2.77. The number of nitrogens with two attached hydrogens (primary N) is 1. The Balaban J connectivity index is 3.00. The Morgan fingerprint density at radius 1 is 1.20 bits per heavy atom. The molecule has 3 nitrogen and oxygen atoms in total. The number of benzene rings is 1. The normalized spacial score (nSPS) is 9.20. The second kappa shape index (κ2) is 2.39. The lowest BCUT2D eigenvalue weighted by Crippen LogP contribution is -2.09. The number of rotatable bonds is 1. The first kappa shape index (κ1) is 6.61. The van der Waals surface area contributed by atoms with E-state index in [4.69, 9.17) is 5.73 Å². The van der Waals surface area contributed by atoms with Gasteiger partial charge in [0.2, 0.25) is 5.91 Å². The molecule has 0 aliphatic rings. The van der Waals surface area contributed by atoms with Crippen molar-refractivity contribution in [1.82, 2.24) is 0 Å². The van der Waals surface area contributed by atoms with Crippen molar-refractivity contribution >= 4 is 5.91 Å². The van der Waals surface area contributed by atoms with Gasteiger partial charge in [-0.05, 0) is 24.3 Å². The van der Waals surface area contributed by atoms with Gasteiger partial charge in [-0.15, -0.1) is 0 Å². The maximum Gasteiger partial charge on any atom is 0.248 e. The molecular weight excluding hydrogens is 130 g/mol. The average molecular weight is 136 g/mol. The maximum absolute atomic E-state index is 10.5. The van der Waals surface area contributed by atoms with Crippen molar-refractivity contribution < 1.29 is 9.90 Å². The van der Waals surface area contributed by atoms with E-state index in [2.05, 4.69) is 0 Å². The van der Waals surface area contributed by atoms with Gasteiger partial charge < -0.3 is 5.73 Å². The first-order valence-corrected chi connectivity index (χ1v) is 2.77. The highest BCUT2D eigenvalue weighted by Crippen LogP contribution is 2.09. The van der Waals surface area contributed by atoms with E-state index in [1.54, 1.807) is 0 Å². The molecule has 0 saturated carbocycles. The van der Waals surface area contributed by atoms with E-state index in [0.717, 1.165) is 0 Å². The van der Waals surface area contributed by atoms with Crippen LogP contribution in [0.3, 0.4) is 0 Å². The zero-order chi connectivity index (χ0) is 7.56. The third-order valence-electron chi connectivity index (χ3n) is 1.14. The van der Waals surface area contributed by atoms with Crippen molar-refractivity contribution in [2.24, 2.45) is 5.73 Å². The Labute approximate surface area is 58.1 Å². The molecule has 0 saturated heterocycles. The van der Waals surface area contributed by atoms with Crippen molar-refractivity contribution in [2.45, 2.75) is 0 Å². The van der Waals surface area contributed by atoms with Gasteiger partial charge in [0.25, 0.3) is 0 Å². The van der Waals surface area contributed by atoms with Crippen molar-refractivity contribution in [2.75, 3.05) is 0 Å². The summed E-state index contributed by atoms with van der Waals surface area (Å²) in [6.07, 6.45) is 0. The predicted octanol–water partition coefficient (Wildman–Crippen LogP) is 0.929. The van der Waals surface area contributed by atoms with E-state index in [-0.39, 0.29) is 5.75 Å². The molecule has 2 N–H and O–H groups in total. The largest absolute Gasteiger partial charge is 0.366 e. The van der Waals surface area contributed by atoms with Gasteiger partial charge in [0.1, 0.15) is 0 Å². The molecule has 3 heteroatoms. The molecule has 1 aromatic carbocycles. The van der Waals surface area contributed by atoms with Crippen LogP contribution in [0.5, 0.6) is 5.75 Å². The summed E-state index contributed by atoms with van der Waals surface area (Å²) < 4.78 is 0. The molecule has 1 radical (unpaired) electrons. The molecule has 1 aromatic rings. The lowest BCUT2D eigenvalue weighted by atomic mass is 10.2. The van der Waals surface area contributed by atoms with Crippen molar-refractivity contribution in [3.8, 4) is 5.75 Å². The van der Waals surface area contributed by atoms with E-state index < -0.39 is 5.91 Å². The predicted molar refractivity (Wildman–Crippen MR) is 35.1 cm³/mol. The standard InChI is InChI=1S/C7H6NO2/c8-7(10)5-1-3-6(9)4-2-5/h1-4H,(H2,8,10). The molecule has 0 atom stereocenters. The Bertz CT molecular complexity index is 240. The topological polar surface area (TPSA) is 63.0 Å². The number of hydrogen-bond donors (Lipinski definition) is 1. The average Bonchev–Trinajstić information content (AvgIpc) is 1.88. The first-order chi connectivity index (χ1) is 4.70. The summed E-state index contributed by atoms with van der Waals surface area (Å²) in [6.45, 7) is 0. The van der Waals surface area contributed by atoms with E-state index in [1.165, 1.54) is 24.3 Å². The summed E-state index contributed by atoms with van der Waals surface area (Å²) in [4.78, 5) is 10.4. The minimum absolute atomic E-state index is 0.120. The summed E-state index contributed by atoms with van der Waals surface area (Å²) in [7, 11) is 0. The molecule has 1 rings (SSSR count). The van der Waals surface area contributed by atoms with E-state index >= 15 is 0 Å². The summed E-state index contributed by atoms with van der Waals surface area (Å²) in [5.41, 5.74) is 5.28. The number of carbonyl (C=O) groups excluding carboxylic acids is 1. The third-order valence-corrected chi connectivity index (χ3v) is 1.14. The maximum atomic E-state index is 10.5. The van der Waals surface area contributed by atoms with Crippen LogP contribution < -0.4 is 5.73 Å². The van der Waals surface area contributed by atoms with Crippen LogP contribution in [0.4, 0.5) is 0 Å². The van der Waals surface area contributed by atoms with Crippen LogP contribution in [0.1, 0.15) is 10.4 Å². The smallest absolute Gasteiger partial charge is 0.248 e. The molecule has 0 bridgehead atoms. The van der Waals surface area contributed by atoms with Gasteiger partial charge >= 0.3 is 0 Å². The number of carbonyl (C=O) groups is 1. The number of amides is 1. The van der Waals surface area contributed by atoms with Crippen molar-refractivity contribution in [3.05, 3.63) is 29.8 Å². The molecule has 0 fully saturated rings. The summed E-state index contributed by atoms with van der Waals surface area (Å²) in [5, 5.41) is 10.5. The molecule has 0 unspecified atom stereocenters. The fraction of sp³-hybridized carbons (Fsp3) is 0. The molecular formula is C7H6NO2. The van der Waals surface area contributed by atoms with Gasteiger partial charge in [0, 0.05) is 5.56 Å². The van der Waals surface area contributed by atoms with Crippen LogP contribution >= 0.6 is 0 Å². The fourth-order valence-electron chi connectivity index (χ4n) is 0.619. The fourth-order valence-corrected chi connectivity index (χ4v) is 0.619. The van der Waals surface area contributed by atoms with Crippen molar-refractivity contribution in [3.63, 3.8) is 0 Å². The Kier molecular flexibility index (Phi) is 1.58. The number of primary amides is 1. The molecule has 0 aliphatic carbocycles. The number of hydrogen-bond acceptors (Lipinski definition) is 1. The molecule has 0 aromatic heterocycles. The second-order valence-corrected chi connectivity index (χ2v) is 1.89. The van der Waals surface area contributed by atoms with E-state index in [0.29, 0.717) is 5.56 Å². The second-order valence-electron chi connectivity index (χ2n) is 1.89.